The Hall–Kier alpha value is -2.28. The van der Waals surface area contributed by atoms with Gasteiger partial charge in [-0.15, -0.1) is 0 Å². The van der Waals surface area contributed by atoms with Gasteiger partial charge in [-0.05, 0) is 12.5 Å². The van der Waals surface area contributed by atoms with Crippen LogP contribution in [0.2, 0.25) is 0 Å². The van der Waals surface area contributed by atoms with Gasteiger partial charge in [0.25, 0.3) is 5.69 Å². The summed E-state index contributed by atoms with van der Waals surface area (Å²) in [7, 11) is 1.83. The topological polar surface area (TPSA) is 85.9 Å². The zero-order valence-electron chi connectivity index (χ0n) is 11.5. The number of nitrogens with zero attached hydrogens (tertiary/aromatic N) is 4. The predicted octanol–water partition coefficient (Wildman–Crippen LogP) is 1.36. The number of nitro groups is 1. The fourth-order valence-electron chi connectivity index (χ4n) is 1.89. The summed E-state index contributed by atoms with van der Waals surface area (Å²) in [4.78, 5) is 14.6. The van der Waals surface area contributed by atoms with Gasteiger partial charge >= 0.3 is 0 Å². The minimum Gasteiger partial charge on any atom is -0.312 e. The Bertz CT molecular complexity index is 609. The SMILES string of the molecule is Cc1ccc(CNCCc2ncn(C)n2)cc1[N+](=O)[O-]. The van der Waals surface area contributed by atoms with Gasteiger partial charge < -0.3 is 5.32 Å². The van der Waals surface area contributed by atoms with Gasteiger partial charge in [-0.25, -0.2) is 4.98 Å². The highest BCUT2D eigenvalue weighted by molar-refractivity contribution is 5.42. The molecule has 20 heavy (non-hydrogen) atoms. The molecule has 0 aliphatic heterocycles. The number of nitro benzene ring substituents is 1. The third-order valence-corrected chi connectivity index (χ3v) is 2.97. The summed E-state index contributed by atoms with van der Waals surface area (Å²) in [5.74, 6) is 0.787. The Morgan fingerprint density at radius 2 is 2.25 bits per heavy atom. The molecule has 0 bridgehead atoms. The van der Waals surface area contributed by atoms with E-state index in [0.717, 1.165) is 24.4 Å². The van der Waals surface area contributed by atoms with Crippen LogP contribution in [0.1, 0.15) is 17.0 Å². The second-order valence-electron chi connectivity index (χ2n) is 4.64. The Morgan fingerprint density at radius 1 is 1.45 bits per heavy atom. The van der Waals surface area contributed by atoms with Gasteiger partial charge in [0.05, 0.1) is 4.92 Å². The Labute approximate surface area is 116 Å². The summed E-state index contributed by atoms with van der Waals surface area (Å²) in [5, 5.41) is 18.3. The maximum Gasteiger partial charge on any atom is 0.272 e. The van der Waals surface area contributed by atoms with Crippen LogP contribution in [0.4, 0.5) is 5.69 Å². The van der Waals surface area contributed by atoms with Crippen LogP contribution in [0.3, 0.4) is 0 Å². The van der Waals surface area contributed by atoms with Crippen molar-refractivity contribution >= 4 is 5.69 Å². The van der Waals surface area contributed by atoms with Crippen molar-refractivity contribution in [3.05, 3.63) is 51.6 Å². The highest BCUT2D eigenvalue weighted by atomic mass is 16.6. The van der Waals surface area contributed by atoms with Gasteiger partial charge in [0.15, 0.2) is 5.82 Å². The van der Waals surface area contributed by atoms with Crippen molar-refractivity contribution in [2.45, 2.75) is 19.9 Å². The molecule has 106 valence electrons. The van der Waals surface area contributed by atoms with Gasteiger partial charge in [-0.1, -0.05) is 12.1 Å². The van der Waals surface area contributed by atoms with Crippen LogP contribution in [-0.2, 0) is 20.0 Å². The molecule has 0 fully saturated rings. The fourth-order valence-corrected chi connectivity index (χ4v) is 1.89. The molecule has 0 aliphatic rings. The number of hydrogen-bond donors (Lipinski definition) is 1. The number of rotatable bonds is 6. The Kier molecular flexibility index (Phi) is 4.41. The van der Waals surface area contributed by atoms with E-state index in [1.54, 1.807) is 30.1 Å². The summed E-state index contributed by atoms with van der Waals surface area (Å²) < 4.78 is 1.67. The molecular weight excluding hydrogens is 258 g/mol. The van der Waals surface area contributed by atoms with Gasteiger partial charge in [0, 0.05) is 38.2 Å². The first-order valence-corrected chi connectivity index (χ1v) is 6.35. The quantitative estimate of drug-likeness (QED) is 0.489. The predicted molar refractivity (Wildman–Crippen MR) is 74.2 cm³/mol. The summed E-state index contributed by atoms with van der Waals surface area (Å²) in [6.07, 6.45) is 2.40. The molecule has 1 N–H and O–H groups in total. The number of benzene rings is 1. The first kappa shape index (κ1) is 14.1. The van der Waals surface area contributed by atoms with E-state index >= 15 is 0 Å². The van der Waals surface area contributed by atoms with Crippen LogP contribution in [0.5, 0.6) is 0 Å². The average Bonchev–Trinajstić information content (AvgIpc) is 2.82. The molecule has 1 heterocycles. The molecule has 7 nitrogen and oxygen atoms in total. The first-order valence-electron chi connectivity index (χ1n) is 6.35. The normalized spacial score (nSPS) is 10.7. The Balaban J connectivity index is 1.85. The molecule has 0 radical (unpaired) electrons. The molecule has 0 saturated heterocycles. The lowest BCUT2D eigenvalue weighted by Gasteiger charge is -2.05. The van der Waals surface area contributed by atoms with E-state index < -0.39 is 0 Å². The molecule has 1 aromatic carbocycles. The lowest BCUT2D eigenvalue weighted by molar-refractivity contribution is -0.385. The van der Waals surface area contributed by atoms with Crippen molar-refractivity contribution in [2.24, 2.45) is 7.05 Å². The molecule has 0 aliphatic carbocycles. The van der Waals surface area contributed by atoms with Gasteiger partial charge in [0.2, 0.25) is 0 Å². The van der Waals surface area contributed by atoms with Crippen LogP contribution in [0, 0.1) is 17.0 Å². The molecular formula is C13H17N5O2. The van der Waals surface area contributed by atoms with E-state index in [1.165, 1.54) is 0 Å². The molecule has 7 heteroatoms. The van der Waals surface area contributed by atoms with Gasteiger partial charge in [0.1, 0.15) is 6.33 Å². The second-order valence-corrected chi connectivity index (χ2v) is 4.64. The molecule has 0 amide bonds. The molecule has 2 aromatic rings. The van der Waals surface area contributed by atoms with E-state index in [9.17, 15) is 10.1 Å². The summed E-state index contributed by atoms with van der Waals surface area (Å²) >= 11 is 0. The van der Waals surface area contributed by atoms with Crippen molar-refractivity contribution in [2.75, 3.05) is 6.54 Å². The number of aromatic nitrogens is 3. The maximum absolute atomic E-state index is 10.9. The van der Waals surface area contributed by atoms with E-state index in [-0.39, 0.29) is 10.6 Å². The highest BCUT2D eigenvalue weighted by Crippen LogP contribution is 2.18. The second kappa shape index (κ2) is 6.25. The van der Waals surface area contributed by atoms with Crippen molar-refractivity contribution in [1.29, 1.82) is 0 Å². The zero-order valence-corrected chi connectivity index (χ0v) is 11.5. The molecule has 0 atom stereocenters. The maximum atomic E-state index is 10.9. The average molecular weight is 275 g/mol. The highest BCUT2D eigenvalue weighted by Gasteiger charge is 2.10. The number of hydrogen-bond acceptors (Lipinski definition) is 5. The van der Waals surface area contributed by atoms with Crippen LogP contribution in [0.15, 0.2) is 24.5 Å². The van der Waals surface area contributed by atoms with Crippen LogP contribution >= 0.6 is 0 Å². The third kappa shape index (κ3) is 3.61. The van der Waals surface area contributed by atoms with Crippen LogP contribution < -0.4 is 5.32 Å². The lowest BCUT2D eigenvalue weighted by Crippen LogP contribution is -2.17. The third-order valence-electron chi connectivity index (χ3n) is 2.97. The van der Waals surface area contributed by atoms with E-state index in [2.05, 4.69) is 15.4 Å². The molecule has 1 aromatic heterocycles. The Morgan fingerprint density at radius 3 is 2.90 bits per heavy atom. The minimum atomic E-state index is -0.351. The van der Waals surface area contributed by atoms with E-state index in [1.807, 2.05) is 13.1 Å². The summed E-state index contributed by atoms with van der Waals surface area (Å²) in [5.41, 5.74) is 1.74. The van der Waals surface area contributed by atoms with E-state index in [0.29, 0.717) is 12.1 Å². The lowest BCUT2D eigenvalue weighted by atomic mass is 10.1. The fraction of sp³-hybridized carbons (Fsp3) is 0.385. The minimum absolute atomic E-state index is 0.163. The summed E-state index contributed by atoms with van der Waals surface area (Å²) in [6, 6.07) is 5.28. The monoisotopic (exact) mass is 275 g/mol. The largest absolute Gasteiger partial charge is 0.312 e. The van der Waals surface area contributed by atoms with E-state index in [4.69, 9.17) is 0 Å². The molecule has 0 unspecified atom stereocenters. The molecule has 2 rings (SSSR count). The van der Waals surface area contributed by atoms with Gasteiger partial charge in [-0.2, -0.15) is 5.10 Å². The van der Waals surface area contributed by atoms with Crippen molar-refractivity contribution < 1.29 is 4.92 Å². The van der Waals surface area contributed by atoms with Crippen molar-refractivity contribution in [3.8, 4) is 0 Å². The molecule has 0 spiro atoms. The van der Waals surface area contributed by atoms with Crippen molar-refractivity contribution in [1.82, 2.24) is 20.1 Å². The zero-order chi connectivity index (χ0) is 14.5. The smallest absolute Gasteiger partial charge is 0.272 e. The number of aryl methyl sites for hydroxylation is 2. The summed E-state index contributed by atoms with van der Waals surface area (Å²) in [6.45, 7) is 3.06. The standard InChI is InChI=1S/C13H17N5O2/c1-10-3-4-11(7-12(10)18(19)20)8-14-6-5-13-15-9-17(2)16-13/h3-4,7,9,14H,5-6,8H2,1-2H3. The number of nitrogens with one attached hydrogen (secondary N) is 1. The first-order chi connectivity index (χ1) is 9.56. The van der Waals surface area contributed by atoms with Crippen LogP contribution in [-0.4, -0.2) is 26.2 Å². The molecule has 0 saturated carbocycles. The van der Waals surface area contributed by atoms with Crippen LogP contribution in [0.25, 0.3) is 0 Å². The van der Waals surface area contributed by atoms with Crippen molar-refractivity contribution in [3.63, 3.8) is 0 Å². The van der Waals surface area contributed by atoms with Gasteiger partial charge in [-0.3, -0.25) is 14.8 Å².